The van der Waals surface area contributed by atoms with Gasteiger partial charge in [0.1, 0.15) is 0 Å². The van der Waals surface area contributed by atoms with Gasteiger partial charge in [0.15, 0.2) is 0 Å². The third-order valence-corrected chi connectivity index (χ3v) is 4.02. The van der Waals surface area contributed by atoms with Crippen molar-refractivity contribution >= 4 is 22.6 Å². The minimum Gasteiger partial charge on any atom is -0.299 e. The summed E-state index contributed by atoms with van der Waals surface area (Å²) < 4.78 is 3.52. The van der Waals surface area contributed by atoms with Crippen LogP contribution in [0.1, 0.15) is 30.0 Å². The van der Waals surface area contributed by atoms with Crippen LogP contribution in [-0.2, 0) is 13.1 Å². The molecule has 1 aromatic heterocycles. The maximum Gasteiger partial charge on any atom is 0.331 e. The van der Waals surface area contributed by atoms with Crippen LogP contribution < -0.4 is 11.2 Å². The maximum atomic E-state index is 12.4. The highest BCUT2D eigenvalue weighted by Gasteiger charge is 2.10. The summed E-state index contributed by atoms with van der Waals surface area (Å²) in [6.07, 6.45) is 2.50. The van der Waals surface area contributed by atoms with Crippen LogP contribution in [0.3, 0.4) is 0 Å². The molecule has 2 aromatic rings. The smallest absolute Gasteiger partial charge is 0.299 e. The Balaban J connectivity index is 2.53. The summed E-state index contributed by atoms with van der Waals surface area (Å²) in [5.41, 5.74) is 2.81. The standard InChI is InChI=1S/C16H19IN2O2/c1-4-5-18-10-14(17)15(20)19(16(18)21)9-13-7-11(2)6-12(3)8-13/h6-8,10H,4-5,9H2,1-3H3. The van der Waals surface area contributed by atoms with Gasteiger partial charge in [-0.25, -0.2) is 4.79 Å². The van der Waals surface area contributed by atoms with Gasteiger partial charge in [-0.15, -0.1) is 0 Å². The number of benzene rings is 1. The molecular weight excluding hydrogens is 379 g/mol. The van der Waals surface area contributed by atoms with Crippen LogP contribution in [-0.4, -0.2) is 9.13 Å². The monoisotopic (exact) mass is 398 g/mol. The van der Waals surface area contributed by atoms with Crippen LogP contribution in [0.5, 0.6) is 0 Å². The first kappa shape index (κ1) is 16.0. The summed E-state index contributed by atoms with van der Waals surface area (Å²) in [6, 6.07) is 6.11. The highest BCUT2D eigenvalue weighted by Crippen LogP contribution is 2.09. The molecule has 1 aromatic carbocycles. The van der Waals surface area contributed by atoms with Crippen molar-refractivity contribution in [2.75, 3.05) is 0 Å². The number of aryl methyl sites for hydroxylation is 3. The lowest BCUT2D eigenvalue weighted by atomic mass is 10.1. The number of nitrogens with zero attached hydrogens (tertiary/aromatic N) is 2. The lowest BCUT2D eigenvalue weighted by molar-refractivity contribution is 0.566. The average molecular weight is 398 g/mol. The highest BCUT2D eigenvalue weighted by atomic mass is 127. The van der Waals surface area contributed by atoms with E-state index in [1.807, 2.05) is 55.5 Å². The third kappa shape index (κ3) is 3.64. The van der Waals surface area contributed by atoms with Gasteiger partial charge in [-0.3, -0.25) is 13.9 Å². The first-order valence-corrected chi connectivity index (χ1v) is 8.07. The lowest BCUT2D eigenvalue weighted by Crippen LogP contribution is -2.41. The van der Waals surface area contributed by atoms with Gasteiger partial charge in [0, 0.05) is 12.7 Å². The second kappa shape index (κ2) is 6.60. The van der Waals surface area contributed by atoms with E-state index < -0.39 is 0 Å². The SMILES string of the molecule is CCCn1cc(I)c(=O)n(Cc2cc(C)cc(C)c2)c1=O. The molecule has 0 spiro atoms. The van der Waals surface area contributed by atoms with E-state index in [0.29, 0.717) is 16.7 Å². The van der Waals surface area contributed by atoms with E-state index >= 15 is 0 Å². The van der Waals surface area contributed by atoms with Gasteiger partial charge in [-0.2, -0.15) is 0 Å². The van der Waals surface area contributed by atoms with Crippen molar-refractivity contribution in [3.8, 4) is 0 Å². The van der Waals surface area contributed by atoms with Gasteiger partial charge < -0.3 is 0 Å². The van der Waals surface area contributed by atoms with E-state index in [4.69, 9.17) is 0 Å². The Bertz CT molecular complexity index is 755. The lowest BCUT2D eigenvalue weighted by Gasteiger charge is -2.11. The first-order chi connectivity index (χ1) is 9.92. The highest BCUT2D eigenvalue weighted by molar-refractivity contribution is 14.1. The van der Waals surface area contributed by atoms with E-state index in [-0.39, 0.29) is 11.2 Å². The number of rotatable bonds is 4. The Hall–Kier alpha value is -1.37. The molecule has 112 valence electrons. The zero-order chi connectivity index (χ0) is 15.6. The first-order valence-electron chi connectivity index (χ1n) is 6.99. The molecule has 1 heterocycles. The molecule has 21 heavy (non-hydrogen) atoms. The summed E-state index contributed by atoms with van der Waals surface area (Å²) in [5, 5.41) is 0. The van der Waals surface area contributed by atoms with Gasteiger partial charge in [-0.05, 0) is 48.4 Å². The Kier molecular flexibility index (Phi) is 5.03. The molecule has 4 nitrogen and oxygen atoms in total. The number of hydrogen-bond acceptors (Lipinski definition) is 2. The zero-order valence-electron chi connectivity index (χ0n) is 12.5. The average Bonchev–Trinajstić information content (AvgIpc) is 2.40. The fourth-order valence-corrected chi connectivity index (χ4v) is 3.13. The van der Waals surface area contributed by atoms with Crippen molar-refractivity contribution in [3.63, 3.8) is 0 Å². The van der Waals surface area contributed by atoms with Crippen LogP contribution in [0.25, 0.3) is 0 Å². The van der Waals surface area contributed by atoms with Gasteiger partial charge in [0.05, 0.1) is 10.1 Å². The van der Waals surface area contributed by atoms with Gasteiger partial charge in [0.2, 0.25) is 0 Å². The number of aromatic nitrogens is 2. The molecular formula is C16H19IN2O2. The minimum absolute atomic E-state index is 0.216. The molecule has 2 rings (SSSR count). The minimum atomic E-state index is -0.235. The van der Waals surface area contributed by atoms with Crippen molar-refractivity contribution in [2.45, 2.75) is 40.3 Å². The van der Waals surface area contributed by atoms with Crippen molar-refractivity contribution in [2.24, 2.45) is 0 Å². The molecule has 0 saturated carbocycles. The Morgan fingerprint density at radius 2 is 1.71 bits per heavy atom. The van der Waals surface area contributed by atoms with E-state index in [1.54, 1.807) is 10.8 Å². The van der Waals surface area contributed by atoms with Crippen molar-refractivity contribution in [1.82, 2.24) is 9.13 Å². The van der Waals surface area contributed by atoms with Gasteiger partial charge >= 0.3 is 5.69 Å². The molecule has 0 fully saturated rings. The summed E-state index contributed by atoms with van der Waals surface area (Å²) in [6.45, 7) is 6.99. The fourth-order valence-electron chi connectivity index (χ4n) is 2.50. The molecule has 0 aliphatic carbocycles. The summed E-state index contributed by atoms with van der Waals surface area (Å²) in [5.74, 6) is 0. The number of halogens is 1. The van der Waals surface area contributed by atoms with E-state index in [0.717, 1.165) is 23.1 Å². The second-order valence-electron chi connectivity index (χ2n) is 5.34. The fraction of sp³-hybridized carbons (Fsp3) is 0.375. The Morgan fingerprint density at radius 3 is 2.29 bits per heavy atom. The Labute approximate surface area is 137 Å². The molecule has 0 amide bonds. The molecule has 0 saturated heterocycles. The van der Waals surface area contributed by atoms with Crippen LogP contribution in [0, 0.1) is 17.4 Å². The van der Waals surface area contributed by atoms with Crippen LogP contribution >= 0.6 is 22.6 Å². The molecule has 0 unspecified atom stereocenters. The summed E-state index contributed by atoms with van der Waals surface area (Å²) >= 11 is 1.99. The topological polar surface area (TPSA) is 44.0 Å². The third-order valence-electron chi connectivity index (χ3n) is 3.28. The molecule has 0 bridgehead atoms. The van der Waals surface area contributed by atoms with E-state index in [1.165, 1.54) is 4.57 Å². The predicted octanol–water partition coefficient (Wildman–Crippen LogP) is 2.69. The van der Waals surface area contributed by atoms with E-state index in [9.17, 15) is 9.59 Å². The van der Waals surface area contributed by atoms with Crippen LogP contribution in [0.4, 0.5) is 0 Å². The van der Waals surface area contributed by atoms with Crippen molar-refractivity contribution in [3.05, 3.63) is 65.5 Å². The predicted molar refractivity (Wildman–Crippen MR) is 93.0 cm³/mol. The van der Waals surface area contributed by atoms with Crippen molar-refractivity contribution < 1.29 is 0 Å². The summed E-state index contributed by atoms with van der Waals surface area (Å²) in [7, 11) is 0. The molecule has 0 atom stereocenters. The molecule has 0 N–H and O–H groups in total. The normalized spacial score (nSPS) is 10.9. The van der Waals surface area contributed by atoms with Crippen molar-refractivity contribution in [1.29, 1.82) is 0 Å². The quantitative estimate of drug-likeness (QED) is 0.744. The molecule has 0 aliphatic heterocycles. The Morgan fingerprint density at radius 1 is 1.10 bits per heavy atom. The zero-order valence-corrected chi connectivity index (χ0v) is 14.7. The molecule has 0 radical (unpaired) electrons. The summed E-state index contributed by atoms with van der Waals surface area (Å²) in [4.78, 5) is 24.7. The van der Waals surface area contributed by atoms with Crippen LogP contribution in [0.15, 0.2) is 34.0 Å². The maximum absolute atomic E-state index is 12.4. The number of hydrogen-bond donors (Lipinski definition) is 0. The van der Waals surface area contributed by atoms with Gasteiger partial charge in [0.25, 0.3) is 5.56 Å². The second-order valence-corrected chi connectivity index (χ2v) is 6.50. The molecule has 5 heteroatoms. The van der Waals surface area contributed by atoms with E-state index in [2.05, 4.69) is 6.07 Å². The molecule has 0 aliphatic rings. The van der Waals surface area contributed by atoms with Gasteiger partial charge in [-0.1, -0.05) is 36.2 Å². The largest absolute Gasteiger partial charge is 0.331 e. The van der Waals surface area contributed by atoms with Crippen LogP contribution in [0.2, 0.25) is 0 Å².